The van der Waals surface area contributed by atoms with Crippen LogP contribution < -0.4 is 64.6 Å². The van der Waals surface area contributed by atoms with Crippen molar-refractivity contribution in [2.75, 3.05) is 26.2 Å². The highest BCUT2D eigenvalue weighted by atomic mass is 16.4. The minimum Gasteiger partial charge on any atom is -0.481 e. The first-order valence-electron chi connectivity index (χ1n) is 31.7. The summed E-state index contributed by atoms with van der Waals surface area (Å²) < 4.78 is 0. The lowest BCUT2D eigenvalue weighted by Crippen LogP contribution is -2.66. The lowest BCUT2D eigenvalue weighted by Gasteiger charge is -2.39. The van der Waals surface area contributed by atoms with Crippen molar-refractivity contribution in [1.82, 2.24) is 63.0 Å². The molecule has 0 spiro atoms. The maximum Gasteiger partial charge on any atom is 0.308 e. The average Bonchev–Trinajstić information content (AvgIpc) is 1.81. The van der Waals surface area contributed by atoms with E-state index in [1.54, 1.807) is 19.9 Å². The highest BCUT2D eigenvalue weighted by molar-refractivity contribution is 6.01. The number of nitrogens with zero attached hydrogens (tertiary/aromatic N) is 2. The first-order chi connectivity index (χ1) is 43.8. The Kier molecular flexibility index (Phi) is 32.8. The van der Waals surface area contributed by atoms with Crippen molar-refractivity contribution < 1.29 is 92.0 Å². The molecule has 33 nitrogen and oxygen atoms in total. The summed E-state index contributed by atoms with van der Waals surface area (Å²) in [5, 5.41) is 52.6. The van der Waals surface area contributed by atoms with Crippen LogP contribution in [0.15, 0.2) is 12.2 Å². The van der Waals surface area contributed by atoms with Crippen molar-refractivity contribution in [2.45, 2.75) is 224 Å². The van der Waals surface area contributed by atoms with E-state index < -0.39 is 205 Å². The van der Waals surface area contributed by atoms with Gasteiger partial charge in [0, 0.05) is 25.6 Å². The molecule has 0 aromatic heterocycles. The lowest BCUT2D eigenvalue weighted by atomic mass is 9.96. The summed E-state index contributed by atoms with van der Waals surface area (Å²) in [6, 6.07) is -18.3. The van der Waals surface area contributed by atoms with Crippen LogP contribution in [0.3, 0.4) is 0 Å². The Morgan fingerprint density at radius 3 is 1.71 bits per heavy atom. The third-order valence-corrected chi connectivity index (χ3v) is 16.4. The van der Waals surface area contributed by atoms with E-state index in [2.05, 4.69) is 56.4 Å². The molecule has 2 unspecified atom stereocenters. The zero-order chi connectivity index (χ0) is 69.8. The molecule has 0 radical (unpaired) electrons. The number of carbonyl (C=O) groups excluding carboxylic acids is 13. The van der Waals surface area contributed by atoms with Crippen LogP contribution >= 0.6 is 0 Å². The third kappa shape index (κ3) is 26.0. The van der Waals surface area contributed by atoms with Gasteiger partial charge in [-0.2, -0.15) is 0 Å². The molecular weight excluding hydrogens is 1220 g/mol. The minimum absolute atomic E-state index is 0.0284. The third-order valence-electron chi connectivity index (χ3n) is 16.4. The van der Waals surface area contributed by atoms with Crippen LogP contribution in [0.1, 0.15) is 158 Å². The molecule has 0 saturated carbocycles. The number of carbonyl (C=O) groups is 16. The van der Waals surface area contributed by atoms with Gasteiger partial charge < -0.3 is 89.8 Å². The van der Waals surface area contributed by atoms with E-state index in [-0.39, 0.29) is 51.6 Å². The molecular formula is C60H96N14O19. The number of piperidine rings is 1. The maximum atomic E-state index is 15.3. The Morgan fingerprint density at radius 1 is 0.613 bits per heavy atom. The number of carboxylic acids is 3. The fourth-order valence-electron chi connectivity index (χ4n) is 10.7. The van der Waals surface area contributed by atoms with E-state index in [9.17, 15) is 87.2 Å². The zero-order valence-corrected chi connectivity index (χ0v) is 54.0. The zero-order valence-electron chi connectivity index (χ0n) is 54.0. The van der Waals surface area contributed by atoms with E-state index in [1.807, 2.05) is 16.7 Å². The predicted molar refractivity (Wildman–Crippen MR) is 330 cm³/mol. The van der Waals surface area contributed by atoms with Gasteiger partial charge in [-0.1, -0.05) is 78.4 Å². The Morgan fingerprint density at radius 2 is 1.14 bits per heavy atom. The standard InChI is InChI=1S/C60H96N14O19/c1-8-32(4)20-15-13-11-9-10-12-14-16-23-42(76)66-36(26-41(62)75)53(85)72-50-35(7)65-54(86)40-22-19-25-74(40)58(90)47(31(2)3)70-57(89)49(34(6)61)69-44(78)30-64-51(83)37(27-45(79)80)67-43(77)29-63-52(84)38(28-46(81)82)68-56(88)48(33(5)60(92)93)71-55(87)39-21-17-18-24-73(39)59(50)91/h14,16,31-40,47-50H,8-13,15,17-30,61H2,1-7H3,(H2,62,75)(H,63,84)(H,64,83)(H,65,86)(H,66,76)(H,67,77)(H,68,88)(H,69,78)(H,70,89)(H,71,87)(H,72,85)(H,79,80)(H,81,82)(H,92,93)/b16-14-/t32?,33-,34+,35+,36-,37-,38-,39?,40-,47-,48-,49+,50-/m0/s1. The van der Waals surface area contributed by atoms with Crippen molar-refractivity contribution in [3.05, 3.63) is 12.2 Å². The van der Waals surface area contributed by atoms with Gasteiger partial charge in [0.1, 0.15) is 54.4 Å². The first-order valence-corrected chi connectivity index (χ1v) is 31.7. The smallest absolute Gasteiger partial charge is 0.308 e. The van der Waals surface area contributed by atoms with E-state index in [0.717, 1.165) is 50.3 Å². The van der Waals surface area contributed by atoms with Gasteiger partial charge in [-0.25, -0.2) is 0 Å². The normalized spacial score (nSPS) is 25.3. The van der Waals surface area contributed by atoms with Crippen LogP contribution in [0.4, 0.5) is 0 Å². The molecule has 13 atom stereocenters. The first kappa shape index (κ1) is 78.5. The van der Waals surface area contributed by atoms with Crippen LogP contribution in [0, 0.1) is 17.8 Å². The van der Waals surface area contributed by atoms with Crippen molar-refractivity contribution in [2.24, 2.45) is 29.2 Å². The number of unbranched alkanes of at least 4 members (excludes halogenated alkanes) is 5. The molecule has 0 aromatic rings. The van der Waals surface area contributed by atoms with Crippen LogP contribution in [0.25, 0.3) is 0 Å². The quantitative estimate of drug-likeness (QED) is 0.0334. The number of primary amides is 1. The topological polar surface area (TPSA) is 513 Å². The van der Waals surface area contributed by atoms with E-state index in [4.69, 9.17) is 11.5 Å². The van der Waals surface area contributed by atoms with Gasteiger partial charge in [0.25, 0.3) is 0 Å². The number of hydrogen-bond donors (Lipinski definition) is 15. The van der Waals surface area contributed by atoms with Crippen LogP contribution in [-0.2, 0) is 76.7 Å². The number of rotatable bonds is 24. The molecule has 3 rings (SSSR count). The van der Waals surface area contributed by atoms with Gasteiger partial charge in [-0.3, -0.25) is 76.7 Å². The van der Waals surface area contributed by atoms with Crippen LogP contribution in [0.5, 0.6) is 0 Å². The molecule has 17 N–H and O–H groups in total. The molecule has 3 aliphatic rings. The SMILES string of the molecule is CCC(C)CCCCCCC/C=C\CC(=O)N[C@@H](CC(N)=O)C(=O)N[C@@H]1C(=O)N2CCCCC2C(=O)N[C@@H]([C@H](C)C(=O)O)C(=O)N[C@@H](CC(=O)O)C(=O)NCC(=O)N[C@@H](CC(=O)O)C(=O)NCC(=O)N[C@H]([C@@H](C)N)C(=O)N[C@@H](C(C)C)C(=O)N2CCC[C@H]2C(=O)N[C@@H]1C. The monoisotopic (exact) mass is 1320 g/mol. The van der Waals surface area contributed by atoms with E-state index in [1.165, 1.54) is 25.2 Å². The predicted octanol–water partition coefficient (Wildman–Crippen LogP) is -3.23. The average molecular weight is 1320 g/mol. The Labute approximate surface area is 539 Å². The summed E-state index contributed by atoms with van der Waals surface area (Å²) in [6.45, 7) is 8.86. The molecule has 93 heavy (non-hydrogen) atoms. The number of carboxylic acid groups (broad SMARTS) is 3. The molecule has 13 amide bonds. The maximum absolute atomic E-state index is 15.3. The van der Waals surface area contributed by atoms with Crippen molar-refractivity contribution in [1.29, 1.82) is 0 Å². The molecule has 33 heteroatoms. The Bertz CT molecular complexity index is 2740. The Hall–Kier alpha value is -8.78. The molecule has 3 fully saturated rings. The Balaban J connectivity index is 2.14. The van der Waals surface area contributed by atoms with Crippen molar-refractivity contribution in [3.8, 4) is 0 Å². The number of nitrogens with one attached hydrogen (secondary N) is 10. The molecule has 520 valence electrons. The highest BCUT2D eigenvalue weighted by Gasteiger charge is 2.45. The summed E-state index contributed by atoms with van der Waals surface area (Å²) >= 11 is 0. The largest absolute Gasteiger partial charge is 0.481 e. The number of aliphatic carboxylic acids is 3. The van der Waals surface area contributed by atoms with Crippen molar-refractivity contribution in [3.63, 3.8) is 0 Å². The number of amides is 13. The minimum atomic E-state index is -2.13. The van der Waals surface area contributed by atoms with E-state index >= 15 is 4.79 Å². The van der Waals surface area contributed by atoms with Gasteiger partial charge in [0.15, 0.2) is 0 Å². The van der Waals surface area contributed by atoms with Crippen LogP contribution in [-0.4, -0.2) is 212 Å². The van der Waals surface area contributed by atoms with Crippen LogP contribution in [0.2, 0.25) is 0 Å². The molecule has 0 bridgehead atoms. The summed E-state index contributed by atoms with van der Waals surface area (Å²) in [6.07, 6.45) is 8.90. The van der Waals surface area contributed by atoms with E-state index in [0.29, 0.717) is 12.3 Å². The number of hydrogen-bond acceptors (Lipinski definition) is 17. The van der Waals surface area contributed by atoms with Gasteiger partial charge in [0.2, 0.25) is 76.8 Å². The second-order valence-corrected chi connectivity index (χ2v) is 24.4. The molecule has 0 aromatic carbocycles. The molecule has 3 heterocycles. The fraction of sp³-hybridized carbons (Fsp3) is 0.700. The van der Waals surface area contributed by atoms with Gasteiger partial charge >= 0.3 is 17.9 Å². The second kappa shape index (κ2) is 38.9. The number of fused-ring (bicyclic) bond motifs is 2. The van der Waals surface area contributed by atoms with Gasteiger partial charge in [-0.15, -0.1) is 0 Å². The fourth-order valence-corrected chi connectivity index (χ4v) is 10.7. The summed E-state index contributed by atoms with van der Waals surface area (Å²) in [7, 11) is 0. The second-order valence-electron chi connectivity index (χ2n) is 24.4. The molecule has 3 aliphatic heterocycles. The lowest BCUT2D eigenvalue weighted by molar-refractivity contribution is -0.149. The molecule has 0 aliphatic carbocycles. The number of allylic oxidation sites excluding steroid dienone is 1. The summed E-state index contributed by atoms with van der Waals surface area (Å²) in [4.78, 5) is 219. The highest BCUT2D eigenvalue weighted by Crippen LogP contribution is 2.24. The van der Waals surface area contributed by atoms with Crippen molar-refractivity contribution >= 4 is 94.7 Å². The summed E-state index contributed by atoms with van der Waals surface area (Å²) in [5.41, 5.74) is 11.7. The van der Waals surface area contributed by atoms with Gasteiger partial charge in [0.05, 0.1) is 44.3 Å². The molecule has 3 saturated heterocycles. The van der Waals surface area contributed by atoms with Gasteiger partial charge in [-0.05, 0) is 77.6 Å². The number of nitrogens with two attached hydrogens (primary N) is 2. The summed E-state index contributed by atoms with van der Waals surface area (Å²) in [5.74, 6) is -21.0.